The van der Waals surface area contributed by atoms with Gasteiger partial charge < -0.3 is 15.8 Å². The van der Waals surface area contributed by atoms with Crippen molar-refractivity contribution in [1.82, 2.24) is 5.32 Å². The third-order valence-electron chi connectivity index (χ3n) is 3.13. The van der Waals surface area contributed by atoms with E-state index < -0.39 is 5.54 Å². The van der Waals surface area contributed by atoms with Gasteiger partial charge in [-0.15, -0.1) is 0 Å². The van der Waals surface area contributed by atoms with E-state index in [4.69, 9.17) is 10.5 Å². The summed E-state index contributed by atoms with van der Waals surface area (Å²) in [5, 5.41) is 2.86. The molecule has 0 aromatic heterocycles. The Balaban J connectivity index is 2.09. The van der Waals surface area contributed by atoms with Crippen LogP contribution in [-0.4, -0.2) is 30.1 Å². The summed E-state index contributed by atoms with van der Waals surface area (Å²) in [6.45, 7) is 2.76. The fourth-order valence-electron chi connectivity index (χ4n) is 2.32. The standard InChI is InChI=1S/C10H17N3O2/c1-2-3-7-6-10(4-5-15-7)8(11)12-9(14)13-10/h7H,2-6H2,1H3,(H3,11,12,13,14). The van der Waals surface area contributed by atoms with Crippen LogP contribution in [0, 0.1) is 0 Å². The Morgan fingerprint density at radius 3 is 3.13 bits per heavy atom. The Bertz CT molecular complexity index is 301. The number of nitrogens with one attached hydrogen (secondary N) is 1. The molecule has 0 radical (unpaired) electrons. The predicted octanol–water partition coefficient (Wildman–Crippen LogP) is 0.785. The summed E-state index contributed by atoms with van der Waals surface area (Å²) in [6, 6.07) is -0.315. The molecule has 0 aromatic rings. The molecule has 0 bridgehead atoms. The van der Waals surface area contributed by atoms with E-state index in [-0.39, 0.29) is 12.1 Å². The largest absolute Gasteiger partial charge is 0.385 e. The summed E-state index contributed by atoms with van der Waals surface area (Å²) < 4.78 is 5.63. The van der Waals surface area contributed by atoms with Gasteiger partial charge in [-0.05, 0) is 6.42 Å². The van der Waals surface area contributed by atoms with Crippen LogP contribution < -0.4 is 11.1 Å². The number of nitrogens with zero attached hydrogens (tertiary/aromatic N) is 1. The molecule has 5 heteroatoms. The normalized spacial score (nSPS) is 35.4. The Morgan fingerprint density at radius 1 is 1.73 bits per heavy atom. The van der Waals surface area contributed by atoms with Gasteiger partial charge in [0.1, 0.15) is 11.4 Å². The van der Waals surface area contributed by atoms with Crippen molar-refractivity contribution in [2.45, 2.75) is 44.2 Å². The minimum absolute atomic E-state index is 0.191. The molecule has 1 fully saturated rings. The second kappa shape index (κ2) is 3.81. The monoisotopic (exact) mass is 211 g/mol. The van der Waals surface area contributed by atoms with E-state index in [1.807, 2.05) is 0 Å². The fraction of sp³-hybridized carbons (Fsp3) is 0.800. The summed E-state index contributed by atoms with van der Waals surface area (Å²) in [6.07, 6.45) is 3.75. The van der Waals surface area contributed by atoms with Gasteiger partial charge in [0.2, 0.25) is 0 Å². The zero-order chi connectivity index (χ0) is 10.9. The molecule has 0 aromatic carbocycles. The fourth-order valence-corrected chi connectivity index (χ4v) is 2.32. The lowest BCUT2D eigenvalue weighted by molar-refractivity contribution is -0.0120. The smallest absolute Gasteiger partial charge is 0.343 e. The highest BCUT2D eigenvalue weighted by molar-refractivity contribution is 6.05. The molecule has 1 saturated heterocycles. The lowest BCUT2D eigenvalue weighted by Crippen LogP contribution is -2.56. The second-order valence-electron chi connectivity index (χ2n) is 4.24. The number of carbonyl (C=O) groups is 1. The quantitative estimate of drug-likeness (QED) is 0.708. The number of ether oxygens (including phenoxy) is 1. The highest BCUT2D eigenvalue weighted by Crippen LogP contribution is 2.29. The lowest BCUT2D eigenvalue weighted by Gasteiger charge is -2.37. The average molecular weight is 211 g/mol. The predicted molar refractivity (Wildman–Crippen MR) is 56.8 cm³/mol. The van der Waals surface area contributed by atoms with Crippen molar-refractivity contribution in [3.05, 3.63) is 0 Å². The Kier molecular flexibility index (Phi) is 2.65. The van der Waals surface area contributed by atoms with Crippen LogP contribution in [0.2, 0.25) is 0 Å². The third-order valence-corrected chi connectivity index (χ3v) is 3.13. The van der Waals surface area contributed by atoms with Crippen LogP contribution in [0.15, 0.2) is 4.99 Å². The summed E-state index contributed by atoms with van der Waals surface area (Å²) in [7, 11) is 0. The number of hydrogen-bond donors (Lipinski definition) is 2. The number of nitrogens with two attached hydrogens (primary N) is 1. The molecule has 5 nitrogen and oxygen atoms in total. The Labute approximate surface area is 89.1 Å². The molecule has 84 valence electrons. The molecule has 2 heterocycles. The van der Waals surface area contributed by atoms with Crippen LogP contribution in [0.3, 0.4) is 0 Å². The molecular weight excluding hydrogens is 194 g/mol. The molecule has 2 rings (SSSR count). The molecule has 2 aliphatic rings. The van der Waals surface area contributed by atoms with Crippen LogP contribution in [-0.2, 0) is 4.74 Å². The van der Waals surface area contributed by atoms with Crippen molar-refractivity contribution >= 4 is 11.9 Å². The Hall–Kier alpha value is -1.10. The van der Waals surface area contributed by atoms with Gasteiger partial charge in [-0.1, -0.05) is 13.3 Å². The number of amides is 2. The van der Waals surface area contributed by atoms with Gasteiger partial charge in [0.15, 0.2) is 0 Å². The third kappa shape index (κ3) is 1.84. The van der Waals surface area contributed by atoms with Crippen molar-refractivity contribution in [2.24, 2.45) is 10.7 Å². The molecule has 0 saturated carbocycles. The van der Waals surface area contributed by atoms with E-state index in [0.29, 0.717) is 12.4 Å². The summed E-state index contributed by atoms with van der Waals surface area (Å²) in [5.74, 6) is 0.428. The lowest BCUT2D eigenvalue weighted by atomic mass is 9.85. The van der Waals surface area contributed by atoms with Gasteiger partial charge in [0, 0.05) is 19.4 Å². The van der Waals surface area contributed by atoms with Crippen LogP contribution >= 0.6 is 0 Å². The first-order valence-corrected chi connectivity index (χ1v) is 5.45. The minimum atomic E-state index is -0.421. The van der Waals surface area contributed by atoms with E-state index in [1.54, 1.807) is 0 Å². The van der Waals surface area contributed by atoms with E-state index in [0.717, 1.165) is 25.7 Å². The van der Waals surface area contributed by atoms with Crippen LogP contribution in [0.5, 0.6) is 0 Å². The van der Waals surface area contributed by atoms with Gasteiger partial charge in [-0.2, -0.15) is 4.99 Å². The van der Waals surface area contributed by atoms with Crippen molar-refractivity contribution in [2.75, 3.05) is 6.61 Å². The zero-order valence-electron chi connectivity index (χ0n) is 8.95. The van der Waals surface area contributed by atoms with E-state index in [2.05, 4.69) is 17.2 Å². The molecule has 2 aliphatic heterocycles. The minimum Gasteiger partial charge on any atom is -0.385 e. The molecule has 2 amide bonds. The summed E-state index contributed by atoms with van der Waals surface area (Å²) in [4.78, 5) is 14.9. The van der Waals surface area contributed by atoms with E-state index in [1.165, 1.54) is 0 Å². The molecule has 2 unspecified atom stereocenters. The molecular formula is C10H17N3O2. The number of rotatable bonds is 2. The maximum Gasteiger partial charge on any atom is 0.343 e. The van der Waals surface area contributed by atoms with Crippen LogP contribution in [0.1, 0.15) is 32.6 Å². The van der Waals surface area contributed by atoms with E-state index >= 15 is 0 Å². The number of aliphatic imine (C=N–C) groups is 1. The molecule has 0 aliphatic carbocycles. The first-order chi connectivity index (χ1) is 7.16. The van der Waals surface area contributed by atoms with Crippen molar-refractivity contribution < 1.29 is 9.53 Å². The first kappa shape index (κ1) is 10.4. The van der Waals surface area contributed by atoms with Crippen LogP contribution in [0.25, 0.3) is 0 Å². The molecule has 3 N–H and O–H groups in total. The van der Waals surface area contributed by atoms with Gasteiger partial charge in [-0.25, -0.2) is 4.79 Å². The molecule has 2 atom stereocenters. The number of carbonyl (C=O) groups excluding carboxylic acids is 1. The number of urea groups is 1. The van der Waals surface area contributed by atoms with Gasteiger partial charge in [0.05, 0.1) is 6.10 Å². The zero-order valence-corrected chi connectivity index (χ0v) is 8.95. The number of amidine groups is 1. The first-order valence-electron chi connectivity index (χ1n) is 5.45. The maximum absolute atomic E-state index is 11.2. The van der Waals surface area contributed by atoms with Crippen LogP contribution in [0.4, 0.5) is 4.79 Å². The maximum atomic E-state index is 11.2. The van der Waals surface area contributed by atoms with Crippen molar-refractivity contribution in [3.63, 3.8) is 0 Å². The molecule has 15 heavy (non-hydrogen) atoms. The Morgan fingerprint density at radius 2 is 2.53 bits per heavy atom. The summed E-state index contributed by atoms with van der Waals surface area (Å²) >= 11 is 0. The van der Waals surface area contributed by atoms with Gasteiger partial charge in [-0.3, -0.25) is 0 Å². The average Bonchev–Trinajstić information content (AvgIpc) is 2.42. The SMILES string of the molecule is CCCC1CC2(CCO1)NC(=O)N=C2N. The summed E-state index contributed by atoms with van der Waals surface area (Å²) in [5.41, 5.74) is 5.38. The van der Waals surface area contributed by atoms with Gasteiger partial charge >= 0.3 is 6.03 Å². The highest BCUT2D eigenvalue weighted by atomic mass is 16.5. The topological polar surface area (TPSA) is 76.7 Å². The molecule has 1 spiro atoms. The van der Waals surface area contributed by atoms with E-state index in [9.17, 15) is 4.79 Å². The number of hydrogen-bond acceptors (Lipinski definition) is 3. The van der Waals surface area contributed by atoms with Crippen molar-refractivity contribution in [3.8, 4) is 0 Å². The highest BCUT2D eigenvalue weighted by Gasteiger charge is 2.45. The second-order valence-corrected chi connectivity index (χ2v) is 4.24. The van der Waals surface area contributed by atoms with Crippen molar-refractivity contribution in [1.29, 1.82) is 0 Å². The van der Waals surface area contributed by atoms with Gasteiger partial charge in [0.25, 0.3) is 0 Å².